The number of aliphatic hydroxyl groups excluding tert-OH is 2. The summed E-state index contributed by atoms with van der Waals surface area (Å²) in [5.41, 5.74) is 0. The Hall–Kier alpha value is -0.620. The summed E-state index contributed by atoms with van der Waals surface area (Å²) in [6.45, 7) is 5.31. The highest BCUT2D eigenvalue weighted by molar-refractivity contribution is 9.10. The molecule has 0 amide bonds. The van der Waals surface area contributed by atoms with Gasteiger partial charge in [-0.2, -0.15) is 0 Å². The van der Waals surface area contributed by atoms with E-state index in [1.807, 2.05) is 24.3 Å². The molecule has 1 aromatic rings. The predicted octanol–water partition coefficient (Wildman–Crippen LogP) is 2.58. The first-order chi connectivity index (χ1) is 10.1. The highest BCUT2D eigenvalue weighted by Crippen LogP contribution is 2.16. The lowest BCUT2D eigenvalue weighted by Gasteiger charge is -2.21. The second-order valence-electron chi connectivity index (χ2n) is 5.22. The zero-order chi connectivity index (χ0) is 15.7. The minimum absolute atomic E-state index is 0.232. The summed E-state index contributed by atoms with van der Waals surface area (Å²) in [5, 5.41) is 22.9. The van der Waals surface area contributed by atoms with Crippen molar-refractivity contribution >= 4 is 15.9 Å². The average molecular weight is 360 g/mol. The van der Waals surface area contributed by atoms with Crippen LogP contribution in [-0.2, 0) is 0 Å². The SMILES string of the molecule is CCC(CC)C(O)CNCC(O)COc1ccc(Br)cc1. The summed E-state index contributed by atoms with van der Waals surface area (Å²) in [4.78, 5) is 0. The molecule has 0 heterocycles. The number of rotatable bonds is 10. The second-order valence-corrected chi connectivity index (χ2v) is 6.14. The molecule has 5 heteroatoms. The number of hydrogen-bond acceptors (Lipinski definition) is 4. The van der Waals surface area contributed by atoms with Crippen molar-refractivity contribution in [2.75, 3.05) is 19.7 Å². The minimum Gasteiger partial charge on any atom is -0.491 e. The molecule has 1 rings (SSSR count). The molecule has 2 unspecified atom stereocenters. The first kappa shape index (κ1) is 18.4. The third kappa shape index (κ3) is 7.27. The van der Waals surface area contributed by atoms with Gasteiger partial charge < -0.3 is 20.3 Å². The Morgan fingerprint density at radius 3 is 2.29 bits per heavy atom. The molecule has 0 aliphatic carbocycles. The zero-order valence-corrected chi connectivity index (χ0v) is 14.3. The zero-order valence-electron chi connectivity index (χ0n) is 12.8. The number of hydrogen-bond donors (Lipinski definition) is 3. The second kappa shape index (κ2) is 10.2. The van der Waals surface area contributed by atoms with Gasteiger partial charge in [0.2, 0.25) is 0 Å². The smallest absolute Gasteiger partial charge is 0.119 e. The molecule has 0 saturated heterocycles. The lowest BCUT2D eigenvalue weighted by molar-refractivity contribution is 0.0819. The molecular formula is C16H26BrNO3. The molecule has 21 heavy (non-hydrogen) atoms. The van der Waals surface area contributed by atoms with Crippen molar-refractivity contribution in [2.45, 2.75) is 38.9 Å². The highest BCUT2D eigenvalue weighted by Gasteiger charge is 2.15. The van der Waals surface area contributed by atoms with Gasteiger partial charge in [-0.3, -0.25) is 0 Å². The lowest BCUT2D eigenvalue weighted by atomic mass is 9.96. The van der Waals surface area contributed by atoms with E-state index in [2.05, 4.69) is 35.1 Å². The molecule has 120 valence electrons. The van der Waals surface area contributed by atoms with Crippen LogP contribution < -0.4 is 10.1 Å². The van der Waals surface area contributed by atoms with Gasteiger partial charge in [-0.1, -0.05) is 42.6 Å². The normalized spacial score (nSPS) is 14.2. The van der Waals surface area contributed by atoms with Crippen molar-refractivity contribution in [3.8, 4) is 5.75 Å². The van der Waals surface area contributed by atoms with E-state index in [9.17, 15) is 10.2 Å². The number of ether oxygens (including phenoxy) is 1. The molecule has 0 spiro atoms. The Morgan fingerprint density at radius 2 is 1.71 bits per heavy atom. The van der Waals surface area contributed by atoms with Gasteiger partial charge >= 0.3 is 0 Å². The standard InChI is InChI=1S/C16H26BrNO3/c1-3-12(4-2)16(20)10-18-9-14(19)11-21-15-7-5-13(17)6-8-15/h5-8,12,14,16,18-20H,3-4,9-11H2,1-2H3. The van der Waals surface area contributed by atoms with Gasteiger partial charge in [0.1, 0.15) is 18.5 Å². The van der Waals surface area contributed by atoms with Gasteiger partial charge in [0, 0.05) is 17.6 Å². The van der Waals surface area contributed by atoms with E-state index in [4.69, 9.17) is 4.74 Å². The first-order valence-corrected chi connectivity index (χ1v) is 8.31. The Kier molecular flexibility index (Phi) is 8.92. The van der Waals surface area contributed by atoms with E-state index in [0.717, 1.165) is 23.1 Å². The summed E-state index contributed by atoms with van der Waals surface area (Å²) >= 11 is 3.36. The van der Waals surface area contributed by atoms with Crippen LogP contribution in [0.4, 0.5) is 0 Å². The molecule has 0 aliphatic heterocycles. The third-order valence-electron chi connectivity index (χ3n) is 3.58. The molecule has 0 saturated carbocycles. The predicted molar refractivity (Wildman–Crippen MR) is 88.6 cm³/mol. The van der Waals surface area contributed by atoms with Gasteiger partial charge in [-0.05, 0) is 30.2 Å². The third-order valence-corrected chi connectivity index (χ3v) is 4.11. The first-order valence-electron chi connectivity index (χ1n) is 7.52. The van der Waals surface area contributed by atoms with E-state index >= 15 is 0 Å². The molecule has 0 aromatic heterocycles. The number of halogens is 1. The molecule has 2 atom stereocenters. The van der Waals surface area contributed by atoms with E-state index in [1.165, 1.54) is 0 Å². The quantitative estimate of drug-likeness (QED) is 0.600. The summed E-state index contributed by atoms with van der Waals surface area (Å²) < 4.78 is 6.49. The van der Waals surface area contributed by atoms with Crippen molar-refractivity contribution in [1.82, 2.24) is 5.32 Å². The van der Waals surface area contributed by atoms with Crippen LogP contribution >= 0.6 is 15.9 Å². The fourth-order valence-electron chi connectivity index (χ4n) is 2.18. The number of benzene rings is 1. The average Bonchev–Trinajstić information content (AvgIpc) is 2.48. The van der Waals surface area contributed by atoms with Crippen LogP contribution in [0.25, 0.3) is 0 Å². The monoisotopic (exact) mass is 359 g/mol. The topological polar surface area (TPSA) is 61.7 Å². The Balaban J connectivity index is 2.19. The van der Waals surface area contributed by atoms with Gasteiger partial charge in [0.15, 0.2) is 0 Å². The molecule has 1 aromatic carbocycles. The Bertz CT molecular complexity index is 382. The fourth-order valence-corrected chi connectivity index (χ4v) is 2.44. The lowest BCUT2D eigenvalue weighted by Crippen LogP contribution is -2.38. The van der Waals surface area contributed by atoms with Crippen LogP contribution in [0, 0.1) is 5.92 Å². The van der Waals surface area contributed by atoms with Crippen LogP contribution in [-0.4, -0.2) is 42.1 Å². The van der Waals surface area contributed by atoms with E-state index in [0.29, 0.717) is 19.0 Å². The molecule has 3 N–H and O–H groups in total. The van der Waals surface area contributed by atoms with Crippen molar-refractivity contribution in [2.24, 2.45) is 5.92 Å². The largest absolute Gasteiger partial charge is 0.491 e. The summed E-state index contributed by atoms with van der Waals surface area (Å²) in [6, 6.07) is 7.49. The maximum Gasteiger partial charge on any atom is 0.119 e. The van der Waals surface area contributed by atoms with E-state index < -0.39 is 6.10 Å². The molecule has 0 aliphatic rings. The maximum atomic E-state index is 9.98. The number of aliphatic hydroxyl groups is 2. The molecule has 4 nitrogen and oxygen atoms in total. The summed E-state index contributed by atoms with van der Waals surface area (Å²) in [7, 11) is 0. The van der Waals surface area contributed by atoms with Crippen molar-refractivity contribution in [1.29, 1.82) is 0 Å². The van der Waals surface area contributed by atoms with Crippen molar-refractivity contribution < 1.29 is 14.9 Å². The minimum atomic E-state index is -0.595. The summed E-state index contributed by atoms with van der Waals surface area (Å²) in [5.74, 6) is 1.04. The molecule has 0 bridgehead atoms. The van der Waals surface area contributed by atoms with Crippen LogP contribution in [0.5, 0.6) is 5.75 Å². The summed E-state index contributed by atoms with van der Waals surface area (Å²) in [6.07, 6.45) is 0.977. The maximum absolute atomic E-state index is 9.98. The highest BCUT2D eigenvalue weighted by atomic mass is 79.9. The van der Waals surface area contributed by atoms with Crippen LogP contribution in [0.15, 0.2) is 28.7 Å². The van der Waals surface area contributed by atoms with Crippen LogP contribution in [0.2, 0.25) is 0 Å². The fraction of sp³-hybridized carbons (Fsp3) is 0.625. The van der Waals surface area contributed by atoms with Crippen molar-refractivity contribution in [3.05, 3.63) is 28.7 Å². The molecule has 0 fully saturated rings. The Morgan fingerprint density at radius 1 is 1.10 bits per heavy atom. The van der Waals surface area contributed by atoms with Crippen LogP contribution in [0.1, 0.15) is 26.7 Å². The molecule has 0 radical (unpaired) electrons. The van der Waals surface area contributed by atoms with Crippen molar-refractivity contribution in [3.63, 3.8) is 0 Å². The Labute approximate surface area is 135 Å². The van der Waals surface area contributed by atoms with Crippen LogP contribution in [0.3, 0.4) is 0 Å². The van der Waals surface area contributed by atoms with E-state index in [-0.39, 0.29) is 12.7 Å². The van der Waals surface area contributed by atoms with Gasteiger partial charge in [-0.15, -0.1) is 0 Å². The van der Waals surface area contributed by atoms with Gasteiger partial charge in [0.25, 0.3) is 0 Å². The van der Waals surface area contributed by atoms with E-state index in [1.54, 1.807) is 0 Å². The molecular weight excluding hydrogens is 334 g/mol. The number of nitrogens with one attached hydrogen (secondary N) is 1. The van der Waals surface area contributed by atoms with Gasteiger partial charge in [-0.25, -0.2) is 0 Å². The van der Waals surface area contributed by atoms with Gasteiger partial charge in [0.05, 0.1) is 6.10 Å².